The van der Waals surface area contributed by atoms with Gasteiger partial charge in [-0.05, 0) is 16.8 Å². The maximum absolute atomic E-state index is 11.1. The van der Waals surface area contributed by atoms with Crippen LogP contribution in [-0.2, 0) is 16.1 Å². The van der Waals surface area contributed by atoms with Crippen molar-refractivity contribution in [3.63, 3.8) is 0 Å². The molecule has 0 bridgehead atoms. The first-order chi connectivity index (χ1) is 7.04. The number of rotatable bonds is 4. The molecular weight excluding hydrogens is 204 g/mol. The Hall–Kier alpha value is -1.99. The summed E-state index contributed by atoms with van der Waals surface area (Å²) in [5, 5.41) is 13.9. The van der Waals surface area contributed by atoms with Gasteiger partial charge in [-0.2, -0.15) is 4.68 Å². The molecule has 0 radical (unpaired) electrons. The molecule has 8 nitrogen and oxygen atoms in total. The fourth-order valence-electron chi connectivity index (χ4n) is 0.961. The Morgan fingerprint density at radius 2 is 2.33 bits per heavy atom. The Kier molecular flexibility index (Phi) is 3.32. The van der Waals surface area contributed by atoms with Crippen molar-refractivity contribution in [2.75, 3.05) is 6.61 Å². The van der Waals surface area contributed by atoms with Crippen molar-refractivity contribution in [2.45, 2.75) is 20.4 Å². The lowest BCUT2D eigenvalue weighted by atomic mass is 10.6. The van der Waals surface area contributed by atoms with Gasteiger partial charge in [-0.3, -0.25) is 0 Å². The summed E-state index contributed by atoms with van der Waals surface area (Å²) < 4.78 is 5.81. The standard InChI is InChI=1S/C7H10N4O4/c1-3-15-6(12)4-10-5(2)8-7(9-10)11(13)14/h3-4H2,1-2H3. The summed E-state index contributed by atoms with van der Waals surface area (Å²) in [5.74, 6) is -0.716. The van der Waals surface area contributed by atoms with Crippen molar-refractivity contribution in [1.82, 2.24) is 14.8 Å². The summed E-state index contributed by atoms with van der Waals surface area (Å²) in [6.45, 7) is 3.29. The normalized spacial score (nSPS) is 10.0. The van der Waals surface area contributed by atoms with Crippen LogP contribution in [0.4, 0.5) is 5.95 Å². The van der Waals surface area contributed by atoms with Gasteiger partial charge in [-0.25, -0.2) is 4.79 Å². The number of hydrogen-bond acceptors (Lipinski definition) is 6. The highest BCUT2D eigenvalue weighted by Gasteiger charge is 2.20. The third-order valence-electron chi connectivity index (χ3n) is 1.59. The van der Waals surface area contributed by atoms with Gasteiger partial charge in [0.1, 0.15) is 0 Å². The van der Waals surface area contributed by atoms with Crippen LogP contribution in [0.2, 0.25) is 0 Å². The number of carbonyl (C=O) groups is 1. The molecule has 1 rings (SSSR count). The van der Waals surface area contributed by atoms with Gasteiger partial charge >= 0.3 is 11.9 Å². The Balaban J connectivity index is 2.77. The van der Waals surface area contributed by atoms with Crippen LogP contribution in [0, 0.1) is 17.0 Å². The predicted octanol–water partition coefficient (Wildman–Crippen LogP) is 0.0578. The summed E-state index contributed by atoms with van der Waals surface area (Å²) in [5.41, 5.74) is 0. The van der Waals surface area contributed by atoms with Gasteiger partial charge in [0.2, 0.25) is 5.82 Å². The summed E-state index contributed by atoms with van der Waals surface area (Å²) in [6, 6.07) is 0. The van der Waals surface area contributed by atoms with E-state index < -0.39 is 16.8 Å². The zero-order chi connectivity index (χ0) is 11.4. The number of hydrogen-bond donors (Lipinski definition) is 0. The van der Waals surface area contributed by atoms with Gasteiger partial charge in [0.15, 0.2) is 6.54 Å². The molecule has 0 aromatic carbocycles. The summed E-state index contributed by atoms with van der Waals surface area (Å²) in [7, 11) is 0. The maximum atomic E-state index is 11.1. The minimum Gasteiger partial charge on any atom is -0.465 e. The van der Waals surface area contributed by atoms with Gasteiger partial charge in [0.25, 0.3) is 0 Å². The van der Waals surface area contributed by atoms with Crippen LogP contribution in [0.15, 0.2) is 0 Å². The third kappa shape index (κ3) is 2.73. The van der Waals surface area contributed by atoms with Gasteiger partial charge in [-0.15, -0.1) is 0 Å². The molecule has 82 valence electrons. The van der Waals surface area contributed by atoms with E-state index in [9.17, 15) is 14.9 Å². The largest absolute Gasteiger partial charge is 0.491 e. The topological polar surface area (TPSA) is 100 Å². The lowest BCUT2D eigenvalue weighted by molar-refractivity contribution is -0.394. The van der Waals surface area contributed by atoms with Crippen LogP contribution in [0.25, 0.3) is 0 Å². The number of aromatic nitrogens is 3. The molecule has 0 saturated heterocycles. The van der Waals surface area contributed by atoms with E-state index in [4.69, 9.17) is 0 Å². The average Bonchev–Trinajstić information content (AvgIpc) is 2.48. The van der Waals surface area contributed by atoms with Crippen molar-refractivity contribution in [2.24, 2.45) is 0 Å². The van der Waals surface area contributed by atoms with Crippen LogP contribution < -0.4 is 0 Å². The van der Waals surface area contributed by atoms with E-state index in [0.29, 0.717) is 5.82 Å². The first kappa shape index (κ1) is 11.1. The number of nitrogens with zero attached hydrogens (tertiary/aromatic N) is 4. The molecule has 0 spiro atoms. The smallest absolute Gasteiger partial charge is 0.465 e. The minimum absolute atomic E-state index is 0.166. The Labute approximate surface area is 85.0 Å². The SMILES string of the molecule is CCOC(=O)Cn1nc([N+](=O)[O-])nc1C. The fourth-order valence-corrected chi connectivity index (χ4v) is 0.961. The molecule has 0 atom stereocenters. The third-order valence-corrected chi connectivity index (χ3v) is 1.59. The first-order valence-corrected chi connectivity index (χ1v) is 4.26. The van der Waals surface area contributed by atoms with Crippen LogP contribution in [0.1, 0.15) is 12.7 Å². The lowest BCUT2D eigenvalue weighted by Crippen LogP contribution is -2.15. The molecule has 1 aromatic heterocycles. The summed E-state index contributed by atoms with van der Waals surface area (Å²) in [4.78, 5) is 24.2. The van der Waals surface area contributed by atoms with E-state index in [-0.39, 0.29) is 13.2 Å². The van der Waals surface area contributed by atoms with Gasteiger partial charge in [0.05, 0.1) is 6.61 Å². The molecule has 1 aromatic rings. The monoisotopic (exact) mass is 214 g/mol. The van der Waals surface area contributed by atoms with E-state index in [0.717, 1.165) is 4.68 Å². The molecule has 0 aliphatic heterocycles. The molecule has 0 unspecified atom stereocenters. The highest BCUT2D eigenvalue weighted by atomic mass is 16.6. The molecule has 15 heavy (non-hydrogen) atoms. The van der Waals surface area contributed by atoms with Crippen LogP contribution in [-0.4, -0.2) is 32.3 Å². The minimum atomic E-state index is -0.714. The average molecular weight is 214 g/mol. The number of carbonyl (C=O) groups excluding carboxylic acids is 1. The molecule has 1 heterocycles. The number of aryl methyl sites for hydroxylation is 1. The van der Waals surface area contributed by atoms with Crippen molar-refractivity contribution in [3.05, 3.63) is 15.9 Å². The Morgan fingerprint density at radius 1 is 1.67 bits per heavy atom. The van der Waals surface area contributed by atoms with Crippen LogP contribution in [0.5, 0.6) is 0 Å². The molecule has 0 amide bonds. The van der Waals surface area contributed by atoms with Crippen LogP contribution >= 0.6 is 0 Å². The second kappa shape index (κ2) is 4.49. The number of esters is 1. The van der Waals surface area contributed by atoms with E-state index in [1.807, 2.05) is 0 Å². The van der Waals surface area contributed by atoms with E-state index in [2.05, 4.69) is 14.8 Å². The Bertz CT molecular complexity index is 386. The molecular formula is C7H10N4O4. The lowest BCUT2D eigenvalue weighted by Gasteiger charge is -1.98. The van der Waals surface area contributed by atoms with E-state index >= 15 is 0 Å². The highest BCUT2D eigenvalue weighted by Crippen LogP contribution is 2.04. The number of nitro groups is 1. The van der Waals surface area contributed by atoms with Gasteiger partial charge in [0, 0.05) is 12.0 Å². The van der Waals surface area contributed by atoms with Crippen molar-refractivity contribution in [3.8, 4) is 0 Å². The second-order valence-electron chi connectivity index (χ2n) is 2.68. The number of ether oxygens (including phenoxy) is 1. The quantitative estimate of drug-likeness (QED) is 0.399. The fraction of sp³-hybridized carbons (Fsp3) is 0.571. The van der Waals surface area contributed by atoms with Crippen LogP contribution in [0.3, 0.4) is 0 Å². The summed E-state index contributed by atoms with van der Waals surface area (Å²) in [6.07, 6.45) is 0. The zero-order valence-electron chi connectivity index (χ0n) is 8.34. The molecule has 0 N–H and O–H groups in total. The Morgan fingerprint density at radius 3 is 2.80 bits per heavy atom. The summed E-state index contributed by atoms with van der Waals surface area (Å²) >= 11 is 0. The highest BCUT2D eigenvalue weighted by molar-refractivity contribution is 5.69. The van der Waals surface area contributed by atoms with E-state index in [1.54, 1.807) is 6.92 Å². The van der Waals surface area contributed by atoms with Crippen molar-refractivity contribution >= 4 is 11.9 Å². The van der Waals surface area contributed by atoms with E-state index in [1.165, 1.54) is 6.92 Å². The molecule has 8 heteroatoms. The zero-order valence-corrected chi connectivity index (χ0v) is 8.34. The second-order valence-corrected chi connectivity index (χ2v) is 2.68. The molecule has 0 saturated carbocycles. The predicted molar refractivity (Wildman–Crippen MR) is 48.0 cm³/mol. The first-order valence-electron chi connectivity index (χ1n) is 4.26. The van der Waals surface area contributed by atoms with Crippen molar-refractivity contribution in [1.29, 1.82) is 0 Å². The molecule has 0 aliphatic rings. The molecule has 0 aliphatic carbocycles. The van der Waals surface area contributed by atoms with Gasteiger partial charge in [-0.1, -0.05) is 0 Å². The molecule has 0 fully saturated rings. The van der Waals surface area contributed by atoms with Crippen molar-refractivity contribution < 1.29 is 14.5 Å². The van der Waals surface area contributed by atoms with Gasteiger partial charge < -0.3 is 14.9 Å². The maximum Gasteiger partial charge on any atom is 0.491 e.